The molecule has 2 heterocycles. The Kier molecular flexibility index (Phi) is 4.12. The molecule has 0 saturated heterocycles. The molecule has 0 unspecified atom stereocenters. The summed E-state index contributed by atoms with van der Waals surface area (Å²) in [6.45, 7) is 2.61. The van der Waals surface area contributed by atoms with E-state index in [4.69, 9.17) is 11.6 Å². The molecule has 0 atom stereocenters. The Morgan fingerprint density at radius 2 is 2.10 bits per heavy atom. The largest absolute Gasteiger partial charge is 0.419 e. The van der Waals surface area contributed by atoms with Crippen LogP contribution in [0.3, 0.4) is 0 Å². The zero-order valence-corrected chi connectivity index (χ0v) is 11.2. The van der Waals surface area contributed by atoms with E-state index in [1.165, 1.54) is 6.20 Å². The molecule has 108 valence electrons. The van der Waals surface area contributed by atoms with Crippen LogP contribution in [0.2, 0.25) is 5.02 Å². The monoisotopic (exact) mass is 305 g/mol. The second kappa shape index (κ2) is 5.66. The molecule has 9 heteroatoms. The molecule has 5 nitrogen and oxygen atoms in total. The summed E-state index contributed by atoms with van der Waals surface area (Å²) in [6.07, 6.45) is -0.728. The molecule has 0 aliphatic rings. The summed E-state index contributed by atoms with van der Waals surface area (Å²) in [7, 11) is 0. The molecule has 20 heavy (non-hydrogen) atoms. The highest BCUT2D eigenvalue weighted by Crippen LogP contribution is 2.29. The van der Waals surface area contributed by atoms with E-state index in [0.717, 1.165) is 23.5 Å². The van der Waals surface area contributed by atoms with Crippen molar-refractivity contribution >= 4 is 17.5 Å². The standard InChI is InChI=1S/C11H11ClF3N5/c1-2-3-16-10-17-5-8(12)9(19-10)20-6-7(4-18-20)11(13,14)15/h4-6H,2-3H2,1H3,(H,16,17,19). The Bertz CT molecular complexity index is 596. The van der Waals surface area contributed by atoms with Gasteiger partial charge in [0.25, 0.3) is 0 Å². The van der Waals surface area contributed by atoms with Crippen molar-refractivity contribution in [3.8, 4) is 5.82 Å². The van der Waals surface area contributed by atoms with E-state index >= 15 is 0 Å². The number of aromatic nitrogens is 4. The van der Waals surface area contributed by atoms with Crippen LogP contribution in [0.15, 0.2) is 18.6 Å². The maximum absolute atomic E-state index is 12.5. The highest BCUT2D eigenvalue weighted by atomic mass is 35.5. The van der Waals surface area contributed by atoms with Gasteiger partial charge in [-0.15, -0.1) is 0 Å². The molecule has 0 saturated carbocycles. The van der Waals surface area contributed by atoms with Crippen LogP contribution >= 0.6 is 11.6 Å². The molecule has 0 spiro atoms. The molecule has 2 aromatic heterocycles. The zero-order chi connectivity index (χ0) is 14.8. The molecular weight excluding hydrogens is 295 g/mol. The third-order valence-corrected chi connectivity index (χ3v) is 2.65. The van der Waals surface area contributed by atoms with Crippen molar-refractivity contribution in [1.82, 2.24) is 19.7 Å². The first-order chi connectivity index (χ1) is 9.41. The quantitative estimate of drug-likeness (QED) is 0.942. The fourth-order valence-corrected chi connectivity index (χ4v) is 1.60. The summed E-state index contributed by atoms with van der Waals surface area (Å²) in [5.74, 6) is 0.381. The lowest BCUT2D eigenvalue weighted by molar-refractivity contribution is -0.137. The first-order valence-electron chi connectivity index (χ1n) is 5.80. The van der Waals surface area contributed by atoms with Crippen molar-refractivity contribution in [2.24, 2.45) is 0 Å². The number of hydrogen-bond acceptors (Lipinski definition) is 4. The molecule has 0 bridgehead atoms. The average molecular weight is 306 g/mol. The minimum Gasteiger partial charge on any atom is -0.354 e. The summed E-state index contributed by atoms with van der Waals surface area (Å²) in [5, 5.41) is 6.67. The maximum atomic E-state index is 12.5. The van der Waals surface area contributed by atoms with Gasteiger partial charge in [0.1, 0.15) is 5.02 Å². The number of nitrogens with one attached hydrogen (secondary N) is 1. The van der Waals surface area contributed by atoms with Gasteiger partial charge < -0.3 is 5.32 Å². The molecule has 1 N–H and O–H groups in total. The van der Waals surface area contributed by atoms with Crippen LogP contribution in [0.4, 0.5) is 19.1 Å². The third-order valence-electron chi connectivity index (χ3n) is 2.39. The van der Waals surface area contributed by atoms with Gasteiger partial charge in [0.2, 0.25) is 5.95 Å². The van der Waals surface area contributed by atoms with Crippen LogP contribution < -0.4 is 5.32 Å². The van der Waals surface area contributed by atoms with Gasteiger partial charge in [-0.2, -0.15) is 23.3 Å². The number of anilines is 1. The van der Waals surface area contributed by atoms with E-state index in [9.17, 15) is 13.2 Å². The van der Waals surface area contributed by atoms with Crippen molar-refractivity contribution in [1.29, 1.82) is 0 Å². The lowest BCUT2D eigenvalue weighted by Gasteiger charge is -2.07. The first-order valence-corrected chi connectivity index (χ1v) is 6.18. The molecule has 0 aliphatic carbocycles. The summed E-state index contributed by atoms with van der Waals surface area (Å²) in [4.78, 5) is 7.99. The smallest absolute Gasteiger partial charge is 0.354 e. The van der Waals surface area contributed by atoms with Crippen molar-refractivity contribution in [3.05, 3.63) is 29.2 Å². The van der Waals surface area contributed by atoms with Crippen LogP contribution in [0.1, 0.15) is 18.9 Å². The minimum absolute atomic E-state index is 0.0933. The summed E-state index contributed by atoms with van der Waals surface area (Å²) in [6, 6.07) is 0. The molecule has 2 aromatic rings. The van der Waals surface area contributed by atoms with Gasteiger partial charge in [0.05, 0.1) is 18.0 Å². The minimum atomic E-state index is -4.46. The molecular formula is C11H11ClF3N5. The Hall–Kier alpha value is -1.83. The van der Waals surface area contributed by atoms with Gasteiger partial charge in [-0.1, -0.05) is 18.5 Å². The molecule has 0 fully saturated rings. The van der Waals surface area contributed by atoms with Crippen molar-refractivity contribution in [2.75, 3.05) is 11.9 Å². The van der Waals surface area contributed by atoms with Crippen molar-refractivity contribution in [2.45, 2.75) is 19.5 Å². The Morgan fingerprint density at radius 1 is 1.35 bits per heavy atom. The third kappa shape index (κ3) is 3.19. The van der Waals surface area contributed by atoms with Gasteiger partial charge in [-0.05, 0) is 6.42 Å². The van der Waals surface area contributed by atoms with Crippen LogP contribution in [0, 0.1) is 0 Å². The van der Waals surface area contributed by atoms with E-state index in [0.29, 0.717) is 6.54 Å². The SMILES string of the molecule is CCCNc1ncc(Cl)c(-n2cc(C(F)(F)F)cn2)n1. The molecule has 0 radical (unpaired) electrons. The van der Waals surface area contributed by atoms with Crippen LogP contribution in [0.25, 0.3) is 5.82 Å². The Morgan fingerprint density at radius 3 is 2.70 bits per heavy atom. The maximum Gasteiger partial charge on any atom is 0.419 e. The first kappa shape index (κ1) is 14.6. The second-order valence-corrected chi connectivity index (χ2v) is 4.37. The lowest BCUT2D eigenvalue weighted by atomic mass is 10.4. The van der Waals surface area contributed by atoms with Crippen LogP contribution in [0.5, 0.6) is 0 Å². The highest BCUT2D eigenvalue weighted by molar-refractivity contribution is 6.32. The van der Waals surface area contributed by atoms with Crippen LogP contribution in [-0.4, -0.2) is 26.3 Å². The average Bonchev–Trinajstić information content (AvgIpc) is 2.87. The fourth-order valence-electron chi connectivity index (χ4n) is 1.43. The zero-order valence-electron chi connectivity index (χ0n) is 10.4. The van der Waals surface area contributed by atoms with E-state index in [1.807, 2.05) is 6.92 Å². The van der Waals surface area contributed by atoms with Crippen molar-refractivity contribution in [3.63, 3.8) is 0 Å². The van der Waals surface area contributed by atoms with Gasteiger partial charge in [-0.3, -0.25) is 0 Å². The highest BCUT2D eigenvalue weighted by Gasteiger charge is 2.32. The Balaban J connectivity index is 2.34. The number of rotatable bonds is 4. The molecule has 0 amide bonds. The molecule has 0 aliphatic heterocycles. The molecule has 2 rings (SSSR count). The fraction of sp³-hybridized carbons (Fsp3) is 0.364. The van der Waals surface area contributed by atoms with E-state index in [-0.39, 0.29) is 16.8 Å². The topological polar surface area (TPSA) is 55.6 Å². The summed E-state index contributed by atoms with van der Waals surface area (Å²) >= 11 is 5.89. The number of halogens is 4. The van der Waals surface area contributed by atoms with E-state index < -0.39 is 11.7 Å². The number of alkyl halides is 3. The number of nitrogens with zero attached hydrogens (tertiary/aromatic N) is 4. The molecule has 0 aromatic carbocycles. The predicted octanol–water partition coefficient (Wildman–Crippen LogP) is 3.16. The van der Waals surface area contributed by atoms with Gasteiger partial charge in [0.15, 0.2) is 5.82 Å². The predicted molar refractivity (Wildman–Crippen MR) is 67.9 cm³/mol. The normalized spacial score (nSPS) is 11.7. The summed E-state index contributed by atoms with van der Waals surface area (Å²) in [5.41, 5.74) is -0.866. The van der Waals surface area contributed by atoms with Gasteiger partial charge in [-0.25, -0.2) is 9.67 Å². The van der Waals surface area contributed by atoms with Crippen LogP contribution in [-0.2, 0) is 6.18 Å². The second-order valence-electron chi connectivity index (χ2n) is 3.96. The lowest BCUT2D eigenvalue weighted by Crippen LogP contribution is -2.08. The van der Waals surface area contributed by atoms with Crippen molar-refractivity contribution < 1.29 is 13.2 Å². The van der Waals surface area contributed by atoms with Gasteiger partial charge in [0, 0.05) is 12.7 Å². The Labute approximate surface area is 117 Å². The summed E-state index contributed by atoms with van der Waals surface area (Å²) < 4.78 is 38.6. The number of hydrogen-bond donors (Lipinski definition) is 1. The van der Waals surface area contributed by atoms with E-state index in [2.05, 4.69) is 20.4 Å². The van der Waals surface area contributed by atoms with E-state index in [1.54, 1.807) is 0 Å². The van der Waals surface area contributed by atoms with Gasteiger partial charge >= 0.3 is 6.18 Å².